The molecule has 0 spiro atoms. The van der Waals surface area contributed by atoms with Gasteiger partial charge in [-0.25, -0.2) is 18.4 Å². The summed E-state index contributed by atoms with van der Waals surface area (Å²) in [4.78, 5) is 8.11. The molecule has 4 rings (SSSR count). The highest BCUT2D eigenvalue weighted by Gasteiger charge is 2.40. The van der Waals surface area contributed by atoms with Gasteiger partial charge in [0.25, 0.3) is 0 Å². The molecule has 0 aliphatic carbocycles. The van der Waals surface area contributed by atoms with Crippen LogP contribution in [0.3, 0.4) is 0 Å². The number of hydrogen-bond donors (Lipinski definition) is 1. The van der Waals surface area contributed by atoms with Crippen LogP contribution in [0, 0.1) is 11.6 Å². The normalized spacial score (nSPS) is 14.6. The summed E-state index contributed by atoms with van der Waals surface area (Å²) in [6.07, 6.45) is 11.5. The molecule has 0 saturated heterocycles. The number of hydrogen-bond acceptors (Lipinski definition) is 5. The fourth-order valence-corrected chi connectivity index (χ4v) is 3.37. The SMILES string of the molecule is CC(n1cc(C=Cc2ccccn2)cn1)C(O)(Cn1cncn1)c1ccc(F)cc1F. The minimum Gasteiger partial charge on any atom is -0.381 e. The van der Waals surface area contributed by atoms with Gasteiger partial charge >= 0.3 is 0 Å². The van der Waals surface area contributed by atoms with Crippen molar-refractivity contribution >= 4 is 12.2 Å². The molecule has 31 heavy (non-hydrogen) atoms. The summed E-state index contributed by atoms with van der Waals surface area (Å²) < 4.78 is 31.1. The maximum atomic E-state index is 14.7. The van der Waals surface area contributed by atoms with Crippen LogP contribution in [0.25, 0.3) is 12.2 Å². The average molecular weight is 422 g/mol. The number of rotatable bonds is 7. The summed E-state index contributed by atoms with van der Waals surface area (Å²) in [5.41, 5.74) is -0.267. The second-order valence-corrected chi connectivity index (χ2v) is 7.16. The number of nitrogens with zero attached hydrogens (tertiary/aromatic N) is 6. The Morgan fingerprint density at radius 3 is 2.74 bits per heavy atom. The highest BCUT2D eigenvalue weighted by atomic mass is 19.1. The minimum absolute atomic E-state index is 0.0574. The summed E-state index contributed by atoms with van der Waals surface area (Å²) >= 11 is 0. The van der Waals surface area contributed by atoms with Gasteiger partial charge in [0.15, 0.2) is 0 Å². The van der Waals surface area contributed by atoms with Crippen LogP contribution in [0.5, 0.6) is 0 Å². The van der Waals surface area contributed by atoms with Gasteiger partial charge in [-0.05, 0) is 37.3 Å². The Bertz CT molecular complexity index is 1180. The van der Waals surface area contributed by atoms with Gasteiger partial charge in [0.1, 0.15) is 29.9 Å². The molecular formula is C22H20F2N6O. The van der Waals surface area contributed by atoms with Gasteiger partial charge in [-0.15, -0.1) is 0 Å². The fourth-order valence-electron chi connectivity index (χ4n) is 3.37. The topological polar surface area (TPSA) is 81.6 Å². The first-order valence-electron chi connectivity index (χ1n) is 9.59. The second-order valence-electron chi connectivity index (χ2n) is 7.16. The first-order chi connectivity index (χ1) is 15.0. The Hall–Kier alpha value is -3.72. The van der Waals surface area contributed by atoms with Crippen LogP contribution in [0.15, 0.2) is 67.6 Å². The highest BCUT2D eigenvalue weighted by Crippen LogP contribution is 2.36. The van der Waals surface area contributed by atoms with Gasteiger partial charge in [-0.1, -0.05) is 12.1 Å². The number of benzene rings is 1. The van der Waals surface area contributed by atoms with Crippen LogP contribution >= 0.6 is 0 Å². The van der Waals surface area contributed by atoms with E-state index >= 15 is 0 Å². The van der Waals surface area contributed by atoms with E-state index in [9.17, 15) is 13.9 Å². The van der Waals surface area contributed by atoms with Crippen LogP contribution in [0.1, 0.15) is 29.8 Å². The van der Waals surface area contributed by atoms with Crippen LogP contribution in [-0.2, 0) is 12.1 Å². The van der Waals surface area contributed by atoms with Crippen LogP contribution in [-0.4, -0.2) is 34.6 Å². The van der Waals surface area contributed by atoms with Crippen molar-refractivity contribution in [3.63, 3.8) is 0 Å². The van der Waals surface area contributed by atoms with Crippen molar-refractivity contribution in [3.05, 3.63) is 96.1 Å². The van der Waals surface area contributed by atoms with Gasteiger partial charge in [-0.2, -0.15) is 10.2 Å². The number of halogens is 2. The lowest BCUT2D eigenvalue weighted by atomic mass is 9.86. The first-order valence-corrected chi connectivity index (χ1v) is 9.59. The third-order valence-corrected chi connectivity index (χ3v) is 5.11. The molecule has 0 saturated carbocycles. The van der Waals surface area contributed by atoms with Gasteiger partial charge in [0.2, 0.25) is 0 Å². The Balaban J connectivity index is 1.67. The lowest BCUT2D eigenvalue weighted by Crippen LogP contribution is -2.40. The largest absolute Gasteiger partial charge is 0.381 e. The summed E-state index contributed by atoms with van der Waals surface area (Å²) in [5, 5.41) is 20.0. The molecule has 9 heteroatoms. The molecule has 3 aromatic heterocycles. The molecule has 1 aromatic carbocycles. The standard InChI is InChI=1S/C22H20F2N6O/c1-16(30-12-17(11-27-30)5-7-19-4-2-3-9-26-19)22(31,13-29-15-25-14-28-29)20-8-6-18(23)10-21(20)24/h2-12,14-16,31H,13H2,1H3. The van der Waals surface area contributed by atoms with Crippen molar-refractivity contribution in [2.45, 2.75) is 25.1 Å². The quantitative estimate of drug-likeness (QED) is 0.493. The smallest absolute Gasteiger partial charge is 0.137 e. The van der Waals surface area contributed by atoms with Crippen molar-refractivity contribution in [1.29, 1.82) is 0 Å². The van der Waals surface area contributed by atoms with E-state index in [1.165, 1.54) is 28.1 Å². The lowest BCUT2D eigenvalue weighted by Gasteiger charge is -2.34. The van der Waals surface area contributed by atoms with Crippen molar-refractivity contribution in [2.24, 2.45) is 0 Å². The monoisotopic (exact) mass is 422 g/mol. The predicted molar refractivity (Wildman–Crippen MR) is 110 cm³/mol. The molecule has 0 aliphatic rings. The predicted octanol–water partition coefficient (Wildman–Crippen LogP) is 3.47. The van der Waals surface area contributed by atoms with Gasteiger partial charge in [0.05, 0.1) is 24.5 Å². The first kappa shape index (κ1) is 20.5. The molecule has 0 amide bonds. The van der Waals surface area contributed by atoms with Crippen molar-refractivity contribution in [2.75, 3.05) is 0 Å². The fraction of sp³-hybridized carbons (Fsp3) is 0.182. The molecule has 3 heterocycles. The highest BCUT2D eigenvalue weighted by molar-refractivity contribution is 5.67. The minimum atomic E-state index is -1.78. The Kier molecular flexibility index (Phi) is 5.68. The summed E-state index contributed by atoms with van der Waals surface area (Å²) in [5.74, 6) is -1.57. The molecule has 1 N–H and O–H groups in total. The van der Waals surface area contributed by atoms with Crippen LogP contribution < -0.4 is 0 Å². The molecule has 4 aromatic rings. The van der Waals surface area contributed by atoms with Gasteiger partial charge in [0, 0.05) is 29.6 Å². The zero-order valence-electron chi connectivity index (χ0n) is 16.7. The van der Waals surface area contributed by atoms with Gasteiger partial charge in [-0.3, -0.25) is 9.67 Å². The van der Waals surface area contributed by atoms with E-state index in [1.807, 2.05) is 30.4 Å². The maximum absolute atomic E-state index is 14.7. The molecule has 2 unspecified atom stereocenters. The number of pyridine rings is 1. The Morgan fingerprint density at radius 2 is 2.03 bits per heavy atom. The zero-order valence-corrected chi connectivity index (χ0v) is 16.7. The van der Waals surface area contributed by atoms with E-state index in [1.54, 1.807) is 25.5 Å². The molecule has 0 aliphatic heterocycles. The van der Waals surface area contributed by atoms with E-state index < -0.39 is 23.3 Å². The molecule has 7 nitrogen and oxygen atoms in total. The van der Waals surface area contributed by atoms with Gasteiger partial charge < -0.3 is 5.11 Å². The molecule has 158 valence electrons. The maximum Gasteiger partial charge on any atom is 0.137 e. The second kappa shape index (κ2) is 8.57. The van der Waals surface area contributed by atoms with E-state index in [0.717, 1.165) is 23.4 Å². The van der Waals surface area contributed by atoms with E-state index in [4.69, 9.17) is 0 Å². The lowest BCUT2D eigenvalue weighted by molar-refractivity contribution is -0.0369. The third kappa shape index (κ3) is 4.41. The molecule has 0 radical (unpaired) electrons. The molecular weight excluding hydrogens is 402 g/mol. The van der Waals surface area contributed by atoms with Crippen LogP contribution in [0.4, 0.5) is 8.78 Å². The third-order valence-electron chi connectivity index (χ3n) is 5.11. The Labute approximate surface area is 177 Å². The molecule has 0 bridgehead atoms. The summed E-state index contributed by atoms with van der Waals surface area (Å²) in [7, 11) is 0. The zero-order chi connectivity index (χ0) is 21.8. The number of aliphatic hydroxyl groups is 1. The van der Waals surface area contributed by atoms with E-state index in [-0.39, 0.29) is 12.1 Å². The van der Waals surface area contributed by atoms with E-state index in [2.05, 4.69) is 20.2 Å². The Morgan fingerprint density at radius 1 is 1.16 bits per heavy atom. The number of aromatic nitrogens is 6. The van der Waals surface area contributed by atoms with Crippen molar-refractivity contribution in [1.82, 2.24) is 29.5 Å². The van der Waals surface area contributed by atoms with Crippen molar-refractivity contribution < 1.29 is 13.9 Å². The summed E-state index contributed by atoms with van der Waals surface area (Å²) in [6, 6.07) is 7.98. The average Bonchev–Trinajstić information content (AvgIpc) is 3.44. The van der Waals surface area contributed by atoms with Crippen molar-refractivity contribution in [3.8, 4) is 0 Å². The van der Waals surface area contributed by atoms with Crippen LogP contribution in [0.2, 0.25) is 0 Å². The molecule has 0 fully saturated rings. The summed E-state index contributed by atoms with van der Waals surface area (Å²) in [6.45, 7) is 1.61. The van der Waals surface area contributed by atoms with E-state index in [0.29, 0.717) is 0 Å². The molecule has 2 atom stereocenters.